The van der Waals surface area contributed by atoms with Crippen molar-refractivity contribution in [3.8, 4) is 0 Å². The van der Waals surface area contributed by atoms with Crippen molar-refractivity contribution >= 4 is 13.8 Å². The van der Waals surface area contributed by atoms with Crippen LogP contribution in [0.1, 0.15) is 60.3 Å². The van der Waals surface area contributed by atoms with E-state index in [0.717, 1.165) is 43.4 Å². The van der Waals surface area contributed by atoms with Gasteiger partial charge in [0.15, 0.2) is 0 Å². The minimum Gasteiger partial charge on any atom is -0.756 e. The molecule has 8 heteroatoms. The summed E-state index contributed by atoms with van der Waals surface area (Å²) in [6.45, 7) is 16.5. The summed E-state index contributed by atoms with van der Waals surface area (Å²) in [7, 11) is -4.21. The number of nitrogens with zero attached hydrogens (tertiary/aromatic N) is 1. The van der Waals surface area contributed by atoms with E-state index in [9.17, 15) is 14.3 Å². The Bertz CT molecular complexity index is 473. The predicted molar refractivity (Wildman–Crippen MR) is 105 cm³/mol. The number of carbonyl (C=O) groups is 1. The Morgan fingerprint density at radius 1 is 1.11 bits per heavy atom. The van der Waals surface area contributed by atoms with Crippen LogP contribution in [-0.4, -0.2) is 55.4 Å². The fourth-order valence-electron chi connectivity index (χ4n) is 3.58. The smallest absolute Gasteiger partial charge is 0.330 e. The number of esters is 1. The Morgan fingerprint density at radius 2 is 1.70 bits per heavy atom. The van der Waals surface area contributed by atoms with Gasteiger partial charge in [0.1, 0.15) is 0 Å². The molecular weight excluding hydrogens is 369 g/mol. The van der Waals surface area contributed by atoms with E-state index in [0.29, 0.717) is 6.42 Å². The van der Waals surface area contributed by atoms with E-state index in [2.05, 4.69) is 31.9 Å². The number of phosphoric ester groups is 1. The number of rotatable bonds is 16. The van der Waals surface area contributed by atoms with Crippen molar-refractivity contribution in [2.24, 2.45) is 0 Å². The first kappa shape index (κ1) is 26.3. The molecule has 0 bridgehead atoms. The molecule has 160 valence electrons. The highest BCUT2D eigenvalue weighted by Crippen LogP contribution is 2.38. The molecule has 0 rings (SSSR count). The number of hydrogen-bond donors (Lipinski definition) is 0. The third-order valence-electron chi connectivity index (χ3n) is 5.28. The van der Waals surface area contributed by atoms with Crippen molar-refractivity contribution < 1.29 is 32.5 Å². The molecule has 0 heterocycles. The van der Waals surface area contributed by atoms with Crippen LogP contribution in [0.4, 0.5) is 0 Å². The fraction of sp³-hybridized carbons (Fsp3) is 0.842. The van der Waals surface area contributed by atoms with Crippen LogP contribution in [-0.2, 0) is 23.1 Å². The van der Waals surface area contributed by atoms with Gasteiger partial charge < -0.3 is 23.2 Å². The average molecular weight is 407 g/mol. The minimum atomic E-state index is -4.21. The summed E-state index contributed by atoms with van der Waals surface area (Å²) in [5.74, 6) is -0.407. The molecule has 3 atom stereocenters. The SMILES string of the molecule is C=CC(=O)OC(C)CCCC(CCOP(=O)([O-])OCC)[N+](CC)(CC)CC. The summed E-state index contributed by atoms with van der Waals surface area (Å²) >= 11 is 0. The molecule has 0 aliphatic heterocycles. The van der Waals surface area contributed by atoms with Crippen LogP contribution < -0.4 is 4.89 Å². The molecule has 3 unspecified atom stereocenters. The molecule has 0 aromatic carbocycles. The largest absolute Gasteiger partial charge is 0.756 e. The van der Waals surface area contributed by atoms with Crippen molar-refractivity contribution in [3.63, 3.8) is 0 Å². The first-order valence-corrected chi connectivity index (χ1v) is 11.4. The molecule has 0 saturated heterocycles. The Kier molecular flexibility index (Phi) is 13.1. The number of quaternary nitrogens is 1. The highest BCUT2D eigenvalue weighted by molar-refractivity contribution is 7.45. The minimum absolute atomic E-state index is 0.0738. The quantitative estimate of drug-likeness (QED) is 0.169. The second-order valence-corrected chi connectivity index (χ2v) is 8.10. The van der Waals surface area contributed by atoms with E-state index < -0.39 is 13.8 Å². The van der Waals surface area contributed by atoms with Gasteiger partial charge in [0.25, 0.3) is 7.82 Å². The van der Waals surface area contributed by atoms with E-state index in [1.165, 1.54) is 6.08 Å². The maximum Gasteiger partial charge on any atom is 0.330 e. The van der Waals surface area contributed by atoms with Crippen molar-refractivity contribution in [2.75, 3.05) is 32.8 Å². The van der Waals surface area contributed by atoms with Gasteiger partial charge in [-0.3, -0.25) is 4.57 Å². The summed E-state index contributed by atoms with van der Waals surface area (Å²) < 4.78 is 27.4. The maximum absolute atomic E-state index is 11.6. The van der Waals surface area contributed by atoms with Crippen molar-refractivity contribution in [1.82, 2.24) is 0 Å². The van der Waals surface area contributed by atoms with Crippen LogP contribution in [0.25, 0.3) is 0 Å². The van der Waals surface area contributed by atoms with Gasteiger partial charge in [0, 0.05) is 12.5 Å². The number of phosphoric acid groups is 1. The predicted octanol–water partition coefficient (Wildman–Crippen LogP) is 3.43. The van der Waals surface area contributed by atoms with Gasteiger partial charge in [-0.05, 0) is 53.9 Å². The van der Waals surface area contributed by atoms with Gasteiger partial charge in [-0.2, -0.15) is 0 Å². The molecule has 0 aromatic rings. The van der Waals surface area contributed by atoms with Crippen LogP contribution in [0.5, 0.6) is 0 Å². The summed E-state index contributed by atoms with van der Waals surface area (Å²) in [5.41, 5.74) is 0. The zero-order valence-electron chi connectivity index (χ0n) is 17.6. The molecular formula is C19H38NO6P. The van der Waals surface area contributed by atoms with Crippen molar-refractivity contribution in [2.45, 2.75) is 72.4 Å². The molecule has 0 aromatic heterocycles. The fourth-order valence-corrected chi connectivity index (χ4v) is 4.30. The maximum atomic E-state index is 11.6. The van der Waals surface area contributed by atoms with Crippen LogP contribution in [0.2, 0.25) is 0 Å². The first-order chi connectivity index (χ1) is 12.7. The Labute approximate surface area is 164 Å². The van der Waals surface area contributed by atoms with Crippen molar-refractivity contribution in [1.29, 1.82) is 0 Å². The summed E-state index contributed by atoms with van der Waals surface area (Å²) in [4.78, 5) is 22.9. The zero-order chi connectivity index (χ0) is 20.9. The topological polar surface area (TPSA) is 84.9 Å². The average Bonchev–Trinajstić information content (AvgIpc) is 2.62. The molecule has 0 aliphatic rings. The lowest BCUT2D eigenvalue weighted by Gasteiger charge is -2.43. The highest BCUT2D eigenvalue weighted by atomic mass is 31.2. The summed E-state index contributed by atoms with van der Waals surface area (Å²) in [6.07, 6.45) is 4.19. The zero-order valence-corrected chi connectivity index (χ0v) is 18.5. The lowest BCUT2D eigenvalue weighted by molar-refractivity contribution is -0.947. The second-order valence-electron chi connectivity index (χ2n) is 6.69. The highest BCUT2D eigenvalue weighted by Gasteiger charge is 2.32. The molecule has 0 radical (unpaired) electrons. The van der Waals surface area contributed by atoms with E-state index in [1.807, 2.05) is 6.92 Å². The summed E-state index contributed by atoms with van der Waals surface area (Å²) in [6, 6.07) is 0.272. The third-order valence-corrected chi connectivity index (χ3v) is 6.36. The van der Waals surface area contributed by atoms with Gasteiger partial charge in [-0.1, -0.05) is 6.58 Å². The Balaban J connectivity index is 4.82. The number of ether oxygens (including phenoxy) is 1. The second kappa shape index (κ2) is 13.5. The normalized spacial score (nSPS) is 16.4. The molecule has 27 heavy (non-hydrogen) atoms. The van der Waals surface area contributed by atoms with E-state index >= 15 is 0 Å². The Hall–Kier alpha value is -0.720. The Morgan fingerprint density at radius 3 is 2.19 bits per heavy atom. The molecule has 0 saturated carbocycles. The van der Waals surface area contributed by atoms with Gasteiger partial charge in [0.2, 0.25) is 0 Å². The van der Waals surface area contributed by atoms with Gasteiger partial charge in [0.05, 0.1) is 45.0 Å². The van der Waals surface area contributed by atoms with Crippen LogP contribution in [0.15, 0.2) is 12.7 Å². The van der Waals surface area contributed by atoms with Crippen LogP contribution in [0, 0.1) is 0 Å². The lowest BCUT2D eigenvalue weighted by Crippen LogP contribution is -2.55. The standard InChI is InChI=1S/C19H38NO6P/c1-7-19(21)26-17(6)13-12-14-18(20(8-2,9-3)10-4)15-16-25-27(22,23)24-11-5/h7,17-18H,1,8-16H2,2-6H3. The molecule has 0 N–H and O–H groups in total. The van der Waals surface area contributed by atoms with E-state index in [1.54, 1.807) is 6.92 Å². The molecule has 0 spiro atoms. The van der Waals surface area contributed by atoms with Gasteiger partial charge >= 0.3 is 5.97 Å². The van der Waals surface area contributed by atoms with Crippen LogP contribution in [0.3, 0.4) is 0 Å². The first-order valence-electron chi connectivity index (χ1n) is 9.99. The molecule has 0 aliphatic carbocycles. The number of carbonyl (C=O) groups excluding carboxylic acids is 1. The lowest BCUT2D eigenvalue weighted by atomic mass is 10.00. The third kappa shape index (κ3) is 9.86. The molecule has 7 nitrogen and oxygen atoms in total. The van der Waals surface area contributed by atoms with Gasteiger partial charge in [-0.15, -0.1) is 0 Å². The monoisotopic (exact) mass is 407 g/mol. The number of hydrogen-bond acceptors (Lipinski definition) is 6. The van der Waals surface area contributed by atoms with Gasteiger partial charge in [-0.25, -0.2) is 4.79 Å². The summed E-state index contributed by atoms with van der Waals surface area (Å²) in [5, 5.41) is 0. The molecule has 0 amide bonds. The van der Waals surface area contributed by atoms with Crippen LogP contribution >= 0.6 is 7.82 Å². The molecule has 0 fully saturated rings. The van der Waals surface area contributed by atoms with Crippen molar-refractivity contribution in [3.05, 3.63) is 12.7 Å². The van der Waals surface area contributed by atoms with E-state index in [-0.39, 0.29) is 25.4 Å². The van der Waals surface area contributed by atoms with E-state index in [4.69, 9.17) is 9.26 Å².